The summed E-state index contributed by atoms with van der Waals surface area (Å²) in [6.07, 6.45) is 0. The van der Waals surface area contributed by atoms with Gasteiger partial charge < -0.3 is 13.8 Å². The van der Waals surface area contributed by atoms with Gasteiger partial charge in [0.25, 0.3) is 0 Å². The van der Waals surface area contributed by atoms with Crippen LogP contribution in [0, 0.1) is 0 Å². The van der Waals surface area contributed by atoms with Crippen molar-refractivity contribution in [1.82, 2.24) is 0 Å². The molecule has 0 saturated carbocycles. The van der Waals surface area contributed by atoms with Crippen molar-refractivity contribution in [2.24, 2.45) is 0 Å². The van der Waals surface area contributed by atoms with Crippen molar-refractivity contribution >= 4 is 7.60 Å². The quantitative estimate of drug-likeness (QED) is 0.476. The lowest BCUT2D eigenvalue weighted by molar-refractivity contribution is 0.208. The van der Waals surface area contributed by atoms with Gasteiger partial charge in [0.1, 0.15) is 0 Å². The zero-order valence-corrected chi connectivity index (χ0v) is 7.67. The summed E-state index contributed by atoms with van der Waals surface area (Å²) < 4.78 is 26.5. The Morgan fingerprint density at radius 1 is 1.45 bits per heavy atom. The summed E-state index contributed by atoms with van der Waals surface area (Å²) in [5, 5.41) is 0. The van der Waals surface area contributed by atoms with Gasteiger partial charge in [-0.2, -0.15) is 0 Å². The maximum absolute atomic E-state index is 11.6. The van der Waals surface area contributed by atoms with Crippen LogP contribution in [0.5, 0.6) is 0 Å². The maximum atomic E-state index is 11.6. The highest BCUT2D eigenvalue weighted by Crippen LogP contribution is 2.58. The molecule has 0 spiro atoms. The minimum atomic E-state index is -2.90. The Hall–Kier alpha value is 0.110. The SMILES string of the molecule is CCOP(=O)(OCC)C1CO1. The van der Waals surface area contributed by atoms with Crippen molar-refractivity contribution in [3.63, 3.8) is 0 Å². The molecule has 4 nitrogen and oxygen atoms in total. The van der Waals surface area contributed by atoms with Crippen molar-refractivity contribution < 1.29 is 18.3 Å². The summed E-state index contributed by atoms with van der Waals surface area (Å²) in [5.74, 6) is -0.303. The molecule has 66 valence electrons. The largest absolute Gasteiger partial charge is 0.361 e. The highest BCUT2D eigenvalue weighted by Gasteiger charge is 2.45. The second kappa shape index (κ2) is 3.68. The first kappa shape index (κ1) is 9.20. The third kappa shape index (κ3) is 2.27. The minimum absolute atomic E-state index is 0.303. The number of hydrogen-bond donors (Lipinski definition) is 0. The highest BCUT2D eigenvalue weighted by molar-refractivity contribution is 7.54. The molecule has 1 aliphatic heterocycles. The first-order chi connectivity index (χ1) is 5.23. The molecule has 5 heteroatoms. The molecule has 1 atom stereocenters. The Kier molecular flexibility index (Phi) is 3.07. The van der Waals surface area contributed by atoms with Crippen LogP contribution in [0.15, 0.2) is 0 Å². The van der Waals surface area contributed by atoms with E-state index in [0.29, 0.717) is 19.8 Å². The number of hydrogen-bond acceptors (Lipinski definition) is 4. The number of ether oxygens (including phenoxy) is 1. The molecule has 1 rings (SSSR count). The van der Waals surface area contributed by atoms with Gasteiger partial charge in [0.05, 0.1) is 19.8 Å². The van der Waals surface area contributed by atoms with E-state index in [1.54, 1.807) is 13.8 Å². The zero-order chi connectivity index (χ0) is 8.32. The van der Waals surface area contributed by atoms with Crippen LogP contribution in [0.2, 0.25) is 0 Å². The topological polar surface area (TPSA) is 48.1 Å². The normalized spacial score (nSPS) is 23.6. The number of epoxide rings is 1. The molecule has 0 N–H and O–H groups in total. The molecule has 0 amide bonds. The molecule has 1 heterocycles. The Balaban J connectivity index is 2.47. The Morgan fingerprint density at radius 3 is 2.18 bits per heavy atom. The summed E-state index contributed by atoms with van der Waals surface area (Å²) in [5.41, 5.74) is 0. The van der Waals surface area contributed by atoms with E-state index in [1.165, 1.54) is 0 Å². The molecule has 0 bridgehead atoms. The van der Waals surface area contributed by atoms with Crippen molar-refractivity contribution in [3.05, 3.63) is 0 Å². The molecule has 0 aromatic rings. The lowest BCUT2D eigenvalue weighted by Gasteiger charge is -2.13. The van der Waals surface area contributed by atoms with Crippen LogP contribution in [0.1, 0.15) is 13.8 Å². The van der Waals surface area contributed by atoms with Gasteiger partial charge in [0, 0.05) is 0 Å². The monoisotopic (exact) mass is 180 g/mol. The predicted octanol–water partition coefficient (Wildman–Crippen LogP) is 1.61. The van der Waals surface area contributed by atoms with Crippen LogP contribution in [0.4, 0.5) is 0 Å². The molecule has 11 heavy (non-hydrogen) atoms. The van der Waals surface area contributed by atoms with Gasteiger partial charge in [-0.3, -0.25) is 4.57 Å². The first-order valence-electron chi connectivity index (χ1n) is 3.73. The highest BCUT2D eigenvalue weighted by atomic mass is 31.2. The van der Waals surface area contributed by atoms with Gasteiger partial charge in [-0.25, -0.2) is 0 Å². The van der Waals surface area contributed by atoms with E-state index in [1.807, 2.05) is 0 Å². The molecule has 0 aliphatic carbocycles. The first-order valence-corrected chi connectivity index (χ1v) is 5.34. The summed E-state index contributed by atoms with van der Waals surface area (Å²) in [4.78, 5) is 0. The second-order valence-corrected chi connectivity index (χ2v) is 4.34. The molecule has 0 aromatic heterocycles. The summed E-state index contributed by atoms with van der Waals surface area (Å²) in [7, 11) is -2.90. The van der Waals surface area contributed by atoms with Gasteiger partial charge in [0.2, 0.25) is 0 Å². The molecule has 0 aromatic carbocycles. The summed E-state index contributed by atoms with van der Waals surface area (Å²) >= 11 is 0. The fourth-order valence-electron chi connectivity index (χ4n) is 0.789. The van der Waals surface area contributed by atoms with E-state index < -0.39 is 7.60 Å². The lowest BCUT2D eigenvalue weighted by atomic mass is 10.9. The van der Waals surface area contributed by atoms with Crippen molar-refractivity contribution in [2.75, 3.05) is 19.8 Å². The molecule has 1 aliphatic rings. The third-order valence-corrected chi connectivity index (χ3v) is 3.53. The van der Waals surface area contributed by atoms with Crippen molar-refractivity contribution in [1.29, 1.82) is 0 Å². The fraction of sp³-hybridized carbons (Fsp3) is 1.00. The standard InChI is InChI=1S/C6H13O4P/c1-3-9-11(7,10-4-2)6-5-8-6/h6H,3-5H2,1-2H3. The number of rotatable bonds is 5. The third-order valence-electron chi connectivity index (χ3n) is 1.29. The fourth-order valence-corrected chi connectivity index (χ4v) is 2.37. The average molecular weight is 180 g/mol. The van der Waals surface area contributed by atoms with E-state index in [2.05, 4.69) is 0 Å². The van der Waals surface area contributed by atoms with Crippen LogP contribution in [-0.2, 0) is 18.3 Å². The molecule has 1 unspecified atom stereocenters. The minimum Gasteiger partial charge on any atom is -0.360 e. The van der Waals surface area contributed by atoms with E-state index in [4.69, 9.17) is 13.8 Å². The molecule has 1 saturated heterocycles. The van der Waals surface area contributed by atoms with E-state index in [0.717, 1.165) is 0 Å². The van der Waals surface area contributed by atoms with Gasteiger partial charge in [-0.1, -0.05) is 0 Å². The van der Waals surface area contributed by atoms with E-state index in [-0.39, 0.29) is 5.85 Å². The van der Waals surface area contributed by atoms with E-state index >= 15 is 0 Å². The Bertz CT molecular complexity index is 156. The maximum Gasteiger partial charge on any atom is 0.361 e. The predicted molar refractivity (Wildman–Crippen MR) is 40.6 cm³/mol. The smallest absolute Gasteiger partial charge is 0.360 e. The van der Waals surface area contributed by atoms with E-state index in [9.17, 15) is 4.57 Å². The van der Waals surface area contributed by atoms with Crippen LogP contribution in [0.3, 0.4) is 0 Å². The van der Waals surface area contributed by atoms with Crippen LogP contribution < -0.4 is 0 Å². The van der Waals surface area contributed by atoms with Crippen LogP contribution in [-0.4, -0.2) is 25.7 Å². The Morgan fingerprint density at radius 2 is 1.91 bits per heavy atom. The Labute approximate surface area is 66.4 Å². The average Bonchev–Trinajstić information content (AvgIpc) is 2.68. The second-order valence-electron chi connectivity index (χ2n) is 2.16. The molecular weight excluding hydrogens is 167 g/mol. The van der Waals surface area contributed by atoms with Crippen molar-refractivity contribution in [3.8, 4) is 0 Å². The summed E-state index contributed by atoms with van der Waals surface area (Å²) in [6.45, 7) is 4.87. The van der Waals surface area contributed by atoms with Crippen molar-refractivity contribution in [2.45, 2.75) is 19.7 Å². The summed E-state index contributed by atoms with van der Waals surface area (Å²) in [6, 6.07) is 0. The van der Waals surface area contributed by atoms with Gasteiger partial charge >= 0.3 is 7.60 Å². The lowest BCUT2D eigenvalue weighted by Crippen LogP contribution is -2.00. The van der Waals surface area contributed by atoms with Crippen LogP contribution in [0.25, 0.3) is 0 Å². The molecular formula is C6H13O4P. The van der Waals surface area contributed by atoms with Crippen LogP contribution >= 0.6 is 7.60 Å². The molecule has 1 fully saturated rings. The molecule has 0 radical (unpaired) electrons. The van der Waals surface area contributed by atoms with Gasteiger partial charge in [-0.15, -0.1) is 0 Å². The zero-order valence-electron chi connectivity index (χ0n) is 6.78. The van der Waals surface area contributed by atoms with Gasteiger partial charge in [-0.05, 0) is 13.8 Å². The van der Waals surface area contributed by atoms with Gasteiger partial charge in [0.15, 0.2) is 5.85 Å².